The summed E-state index contributed by atoms with van der Waals surface area (Å²) in [5, 5.41) is 8.79. The van der Waals surface area contributed by atoms with E-state index in [-0.39, 0.29) is 11.1 Å². The molecule has 1 N–H and O–H groups in total. The maximum Gasteiger partial charge on any atom is 0.335 e. The molecule has 20 heavy (non-hydrogen) atoms. The monoisotopic (exact) mass is 276 g/mol. The third-order valence-electron chi connectivity index (χ3n) is 3.15. The highest BCUT2D eigenvalue weighted by Gasteiger charge is 2.31. The van der Waals surface area contributed by atoms with Crippen molar-refractivity contribution in [1.82, 2.24) is 0 Å². The molecule has 0 heterocycles. The maximum atomic E-state index is 13.9. The van der Waals surface area contributed by atoms with E-state index in [0.29, 0.717) is 24.8 Å². The highest BCUT2D eigenvalue weighted by atomic mass is 19.3. The van der Waals surface area contributed by atoms with Crippen LogP contribution >= 0.6 is 0 Å². The molecule has 104 valence electrons. The summed E-state index contributed by atoms with van der Waals surface area (Å²) in [6.07, 6.45) is 3.73. The predicted octanol–water partition coefficient (Wildman–Crippen LogP) is 3.98. The van der Waals surface area contributed by atoms with Crippen LogP contribution in [0.4, 0.5) is 8.78 Å². The fraction of sp³-hybridized carbons (Fsp3) is 0.312. The van der Waals surface area contributed by atoms with Crippen LogP contribution in [0.3, 0.4) is 0 Å². The first kappa shape index (κ1) is 14.3. The predicted molar refractivity (Wildman–Crippen MR) is 72.6 cm³/mol. The molecule has 0 radical (unpaired) electrons. The number of carbonyl (C=O) groups is 1. The minimum Gasteiger partial charge on any atom is -0.478 e. The van der Waals surface area contributed by atoms with Crippen LogP contribution in [0.15, 0.2) is 29.8 Å². The highest BCUT2D eigenvalue weighted by molar-refractivity contribution is 5.87. The molecule has 1 aromatic rings. The van der Waals surface area contributed by atoms with Crippen molar-refractivity contribution < 1.29 is 18.7 Å². The van der Waals surface area contributed by atoms with Gasteiger partial charge in [-0.1, -0.05) is 18.1 Å². The number of benzene rings is 1. The number of hydrogen-bond acceptors (Lipinski definition) is 1. The number of carboxylic acids is 1. The van der Waals surface area contributed by atoms with Crippen molar-refractivity contribution in [2.45, 2.75) is 31.6 Å². The molecule has 1 aliphatic carbocycles. The van der Waals surface area contributed by atoms with Crippen LogP contribution in [0, 0.1) is 11.8 Å². The first-order valence-corrected chi connectivity index (χ1v) is 6.41. The molecule has 0 unspecified atom stereocenters. The molecule has 0 fully saturated rings. The lowest BCUT2D eigenvalue weighted by atomic mass is 9.96. The summed E-state index contributed by atoms with van der Waals surface area (Å²) in [6.45, 7) is 0. The molecule has 0 bridgehead atoms. The molecule has 1 aliphatic rings. The number of alkyl halides is 2. The van der Waals surface area contributed by atoms with Gasteiger partial charge in [0.05, 0.1) is 5.56 Å². The van der Waals surface area contributed by atoms with E-state index in [2.05, 4.69) is 5.92 Å². The summed E-state index contributed by atoms with van der Waals surface area (Å²) < 4.78 is 27.7. The molecule has 1 aromatic carbocycles. The second-order valence-electron chi connectivity index (χ2n) is 4.68. The van der Waals surface area contributed by atoms with Gasteiger partial charge in [0.25, 0.3) is 0 Å². The molecule has 0 atom stereocenters. The van der Waals surface area contributed by atoms with Crippen molar-refractivity contribution in [3.8, 4) is 11.8 Å². The second-order valence-corrected chi connectivity index (χ2v) is 4.68. The van der Waals surface area contributed by atoms with Gasteiger partial charge in [0.15, 0.2) is 0 Å². The van der Waals surface area contributed by atoms with E-state index in [4.69, 9.17) is 5.11 Å². The second kappa shape index (κ2) is 5.87. The van der Waals surface area contributed by atoms with E-state index < -0.39 is 11.9 Å². The molecule has 0 aliphatic heterocycles. The standard InChI is InChI=1S/C16H14F2O2/c17-16(18)10-4-2-1-3-5-14(16)11-12-6-8-13(9-7-12)15(19)20/h6-9,11H,1-3,5H2,(H,19,20). The molecule has 0 saturated carbocycles. The van der Waals surface area contributed by atoms with Crippen LogP contribution in [0.25, 0.3) is 6.08 Å². The number of halogens is 2. The van der Waals surface area contributed by atoms with E-state index in [1.807, 2.05) is 5.92 Å². The van der Waals surface area contributed by atoms with E-state index in [9.17, 15) is 13.6 Å². The molecule has 0 saturated heterocycles. The van der Waals surface area contributed by atoms with Gasteiger partial charge in [0.1, 0.15) is 0 Å². The van der Waals surface area contributed by atoms with Crippen LogP contribution in [0.2, 0.25) is 0 Å². The molecule has 0 amide bonds. The van der Waals surface area contributed by atoms with Crippen LogP contribution in [-0.4, -0.2) is 17.0 Å². The van der Waals surface area contributed by atoms with Crippen LogP contribution in [-0.2, 0) is 0 Å². The zero-order valence-corrected chi connectivity index (χ0v) is 10.8. The zero-order valence-electron chi connectivity index (χ0n) is 10.8. The zero-order chi connectivity index (χ0) is 14.6. The Labute approximate surface area is 116 Å². The van der Waals surface area contributed by atoms with Crippen molar-refractivity contribution in [3.63, 3.8) is 0 Å². The number of hydrogen-bond donors (Lipinski definition) is 1. The van der Waals surface area contributed by atoms with E-state index in [1.165, 1.54) is 30.3 Å². The molecule has 0 aromatic heterocycles. The van der Waals surface area contributed by atoms with Gasteiger partial charge in [-0.05, 0) is 49.0 Å². The van der Waals surface area contributed by atoms with Gasteiger partial charge in [0.2, 0.25) is 0 Å². The van der Waals surface area contributed by atoms with Gasteiger partial charge in [-0.15, -0.1) is 0 Å². The van der Waals surface area contributed by atoms with Gasteiger partial charge >= 0.3 is 11.9 Å². The van der Waals surface area contributed by atoms with E-state index >= 15 is 0 Å². The summed E-state index contributed by atoms with van der Waals surface area (Å²) in [5.41, 5.74) is 0.691. The van der Waals surface area contributed by atoms with Gasteiger partial charge in [-0.2, -0.15) is 8.78 Å². The Morgan fingerprint density at radius 2 is 1.95 bits per heavy atom. The Morgan fingerprint density at radius 1 is 1.25 bits per heavy atom. The average molecular weight is 276 g/mol. The Hall–Kier alpha value is -2.15. The van der Waals surface area contributed by atoms with Crippen molar-refractivity contribution in [3.05, 3.63) is 41.0 Å². The fourth-order valence-electron chi connectivity index (χ4n) is 2.03. The van der Waals surface area contributed by atoms with Gasteiger partial charge in [-0.3, -0.25) is 0 Å². The molecular formula is C16H14F2O2. The van der Waals surface area contributed by atoms with Gasteiger partial charge < -0.3 is 5.11 Å². The van der Waals surface area contributed by atoms with Crippen molar-refractivity contribution in [1.29, 1.82) is 0 Å². The van der Waals surface area contributed by atoms with Crippen molar-refractivity contribution >= 4 is 12.0 Å². The summed E-state index contributed by atoms with van der Waals surface area (Å²) in [7, 11) is 0. The minimum absolute atomic E-state index is 0.00669. The fourth-order valence-corrected chi connectivity index (χ4v) is 2.03. The average Bonchev–Trinajstić information content (AvgIpc) is 2.40. The number of rotatable bonds is 2. The smallest absolute Gasteiger partial charge is 0.335 e. The Balaban J connectivity index is 2.31. The first-order chi connectivity index (χ1) is 9.49. The largest absolute Gasteiger partial charge is 0.478 e. The third kappa shape index (κ3) is 3.45. The van der Waals surface area contributed by atoms with Crippen molar-refractivity contribution in [2.24, 2.45) is 0 Å². The van der Waals surface area contributed by atoms with E-state index in [0.717, 1.165) is 6.42 Å². The SMILES string of the molecule is O=C(O)c1ccc(C=C2CCCCC#CC2(F)F)cc1. The quantitative estimate of drug-likeness (QED) is 0.829. The summed E-state index contributed by atoms with van der Waals surface area (Å²) >= 11 is 0. The highest BCUT2D eigenvalue weighted by Crippen LogP contribution is 2.31. The topological polar surface area (TPSA) is 37.3 Å². The number of carboxylic acid groups (broad SMARTS) is 1. The van der Waals surface area contributed by atoms with Crippen LogP contribution < -0.4 is 0 Å². The number of allylic oxidation sites excluding steroid dienone is 1. The van der Waals surface area contributed by atoms with Crippen LogP contribution in [0.5, 0.6) is 0 Å². The molecule has 4 heteroatoms. The first-order valence-electron chi connectivity index (χ1n) is 6.41. The lowest BCUT2D eigenvalue weighted by Gasteiger charge is -2.16. The Morgan fingerprint density at radius 3 is 2.60 bits per heavy atom. The molecule has 2 nitrogen and oxygen atoms in total. The van der Waals surface area contributed by atoms with E-state index in [1.54, 1.807) is 0 Å². The minimum atomic E-state index is -3.11. The molecule has 0 spiro atoms. The third-order valence-corrected chi connectivity index (χ3v) is 3.15. The number of aromatic carboxylic acids is 1. The normalized spacial score (nSPS) is 19.6. The Kier molecular flexibility index (Phi) is 4.19. The Bertz CT molecular complexity index is 589. The summed E-state index contributed by atoms with van der Waals surface area (Å²) in [6, 6.07) is 5.86. The maximum absolute atomic E-state index is 13.9. The lowest BCUT2D eigenvalue weighted by molar-refractivity contribution is 0.0696. The van der Waals surface area contributed by atoms with Crippen molar-refractivity contribution in [2.75, 3.05) is 0 Å². The van der Waals surface area contributed by atoms with Crippen LogP contribution in [0.1, 0.15) is 41.6 Å². The van der Waals surface area contributed by atoms with Gasteiger partial charge in [0, 0.05) is 12.0 Å². The van der Waals surface area contributed by atoms with Gasteiger partial charge in [-0.25, -0.2) is 4.79 Å². The molecular weight excluding hydrogens is 262 g/mol. The molecule has 2 rings (SSSR count). The summed E-state index contributed by atoms with van der Waals surface area (Å²) in [5.74, 6) is 0.373. The summed E-state index contributed by atoms with van der Waals surface area (Å²) in [4.78, 5) is 10.7. The lowest BCUT2D eigenvalue weighted by Crippen LogP contribution is -2.17.